The van der Waals surface area contributed by atoms with Gasteiger partial charge in [-0.05, 0) is 36.2 Å². The zero-order chi connectivity index (χ0) is 24.1. The fourth-order valence-corrected chi connectivity index (χ4v) is 4.41. The molecule has 1 heterocycles. The first-order chi connectivity index (χ1) is 16.5. The van der Waals surface area contributed by atoms with Crippen LogP contribution in [0.2, 0.25) is 0 Å². The summed E-state index contributed by atoms with van der Waals surface area (Å²) in [6.07, 6.45) is 0. The van der Waals surface area contributed by atoms with Crippen molar-refractivity contribution in [2.45, 2.75) is 24.4 Å². The van der Waals surface area contributed by atoms with Crippen LogP contribution in [-0.4, -0.2) is 27.1 Å². The first-order valence-electron chi connectivity index (χ1n) is 10.6. The molecule has 3 aromatic carbocycles. The molecule has 172 valence electrons. The van der Waals surface area contributed by atoms with E-state index in [1.165, 1.54) is 23.9 Å². The maximum absolute atomic E-state index is 13.4. The number of thioether (sulfide) groups is 1. The van der Waals surface area contributed by atoms with Crippen LogP contribution in [0.15, 0.2) is 82.7 Å². The molecule has 34 heavy (non-hydrogen) atoms. The van der Waals surface area contributed by atoms with Crippen molar-refractivity contribution in [2.24, 2.45) is 0 Å². The molecule has 0 saturated heterocycles. The predicted molar refractivity (Wildman–Crippen MR) is 130 cm³/mol. The highest BCUT2D eigenvalue weighted by Crippen LogP contribution is 2.25. The van der Waals surface area contributed by atoms with E-state index >= 15 is 0 Å². The van der Waals surface area contributed by atoms with Crippen LogP contribution in [-0.2, 0) is 17.0 Å². The van der Waals surface area contributed by atoms with Crippen molar-refractivity contribution < 1.29 is 14.5 Å². The zero-order valence-electron chi connectivity index (χ0n) is 18.3. The topological polar surface area (TPSA) is 104 Å². The average molecular weight is 476 g/mol. The van der Waals surface area contributed by atoms with E-state index in [2.05, 4.69) is 0 Å². The third-order valence-electron chi connectivity index (χ3n) is 5.10. The molecule has 0 atom stereocenters. The summed E-state index contributed by atoms with van der Waals surface area (Å²) < 4.78 is 6.65. The summed E-state index contributed by atoms with van der Waals surface area (Å²) in [4.78, 5) is 41.0. The molecule has 0 unspecified atom stereocenters. The standard InChI is InChI=1S/C25H21N3O5S/c1-2-33-24(30)19-11-12-21-22(14-19)26-25(27(23(21)29)15-17-7-4-3-5-8-17)34-16-18-9-6-10-20(13-18)28(31)32/h3-14H,2,15-16H2,1H3. The van der Waals surface area contributed by atoms with Gasteiger partial charge in [0.05, 0.1) is 34.5 Å². The van der Waals surface area contributed by atoms with Gasteiger partial charge in [-0.15, -0.1) is 0 Å². The second-order valence-corrected chi connectivity index (χ2v) is 8.38. The van der Waals surface area contributed by atoms with Crippen molar-refractivity contribution in [3.05, 3.63) is 110 Å². The largest absolute Gasteiger partial charge is 0.462 e. The highest BCUT2D eigenvalue weighted by atomic mass is 32.2. The molecule has 1 aromatic heterocycles. The second kappa shape index (κ2) is 10.3. The van der Waals surface area contributed by atoms with Crippen molar-refractivity contribution in [2.75, 3.05) is 6.61 Å². The average Bonchev–Trinajstić information content (AvgIpc) is 2.85. The Balaban J connectivity index is 1.76. The van der Waals surface area contributed by atoms with Crippen LogP contribution in [0.1, 0.15) is 28.4 Å². The summed E-state index contributed by atoms with van der Waals surface area (Å²) in [6.45, 7) is 2.29. The number of nitro benzene ring substituents is 1. The Bertz CT molecular complexity index is 1420. The third-order valence-corrected chi connectivity index (χ3v) is 6.15. The maximum atomic E-state index is 13.4. The number of carbonyl (C=O) groups excluding carboxylic acids is 1. The van der Waals surface area contributed by atoms with Crippen LogP contribution in [0.25, 0.3) is 10.9 Å². The number of non-ortho nitro benzene ring substituents is 1. The van der Waals surface area contributed by atoms with E-state index in [9.17, 15) is 19.7 Å². The highest BCUT2D eigenvalue weighted by Gasteiger charge is 2.16. The molecule has 9 heteroatoms. The molecule has 4 aromatic rings. The van der Waals surface area contributed by atoms with Crippen molar-refractivity contribution in [1.82, 2.24) is 9.55 Å². The molecule has 0 N–H and O–H groups in total. The Morgan fingerprint density at radius 1 is 1.06 bits per heavy atom. The number of carbonyl (C=O) groups is 1. The number of hydrogen-bond donors (Lipinski definition) is 0. The van der Waals surface area contributed by atoms with Gasteiger partial charge in [-0.25, -0.2) is 9.78 Å². The Morgan fingerprint density at radius 3 is 2.56 bits per heavy atom. The minimum absolute atomic E-state index is 0.00493. The quantitative estimate of drug-likeness (QED) is 0.118. The summed E-state index contributed by atoms with van der Waals surface area (Å²) in [5.41, 5.74) is 2.15. The molecular weight excluding hydrogens is 454 g/mol. The molecule has 0 aliphatic carbocycles. The summed E-state index contributed by atoms with van der Waals surface area (Å²) >= 11 is 1.31. The Labute approximate surface area is 199 Å². The number of rotatable bonds is 8. The molecule has 4 rings (SSSR count). The van der Waals surface area contributed by atoms with Gasteiger partial charge in [0.15, 0.2) is 5.16 Å². The van der Waals surface area contributed by atoms with Gasteiger partial charge < -0.3 is 4.74 Å². The Morgan fingerprint density at radius 2 is 1.82 bits per heavy atom. The van der Waals surface area contributed by atoms with E-state index in [0.717, 1.165) is 11.1 Å². The van der Waals surface area contributed by atoms with Gasteiger partial charge in [0.1, 0.15) is 0 Å². The number of nitro groups is 1. The zero-order valence-corrected chi connectivity index (χ0v) is 19.2. The molecule has 0 radical (unpaired) electrons. The molecule has 0 aliphatic rings. The summed E-state index contributed by atoms with van der Waals surface area (Å²) in [5, 5.41) is 12.0. The number of hydrogen-bond acceptors (Lipinski definition) is 7. The van der Waals surface area contributed by atoms with Crippen molar-refractivity contribution in [3.63, 3.8) is 0 Å². The fraction of sp³-hybridized carbons (Fsp3) is 0.160. The van der Waals surface area contributed by atoms with Gasteiger partial charge in [0.25, 0.3) is 11.2 Å². The lowest BCUT2D eigenvalue weighted by molar-refractivity contribution is -0.384. The van der Waals surface area contributed by atoms with E-state index in [-0.39, 0.29) is 17.9 Å². The number of nitrogens with zero attached hydrogens (tertiary/aromatic N) is 3. The van der Waals surface area contributed by atoms with Gasteiger partial charge in [-0.3, -0.25) is 19.5 Å². The van der Waals surface area contributed by atoms with E-state index in [0.29, 0.717) is 33.9 Å². The molecule has 0 saturated carbocycles. The van der Waals surface area contributed by atoms with Crippen LogP contribution < -0.4 is 5.56 Å². The molecule has 0 fully saturated rings. The smallest absolute Gasteiger partial charge is 0.338 e. The molecule has 8 nitrogen and oxygen atoms in total. The predicted octanol–water partition coefficient (Wildman–Crippen LogP) is 4.82. The van der Waals surface area contributed by atoms with Crippen molar-refractivity contribution in [1.29, 1.82) is 0 Å². The van der Waals surface area contributed by atoms with Crippen LogP contribution in [0.4, 0.5) is 5.69 Å². The van der Waals surface area contributed by atoms with Gasteiger partial charge >= 0.3 is 5.97 Å². The monoisotopic (exact) mass is 475 g/mol. The number of aromatic nitrogens is 2. The van der Waals surface area contributed by atoms with Gasteiger partial charge in [-0.1, -0.05) is 54.2 Å². The number of fused-ring (bicyclic) bond motifs is 1. The lowest BCUT2D eigenvalue weighted by Crippen LogP contribution is -2.24. The molecule has 0 bridgehead atoms. The van der Waals surface area contributed by atoms with E-state index in [1.807, 2.05) is 30.3 Å². The van der Waals surface area contributed by atoms with E-state index < -0.39 is 10.9 Å². The van der Waals surface area contributed by atoms with Gasteiger partial charge in [-0.2, -0.15) is 0 Å². The minimum atomic E-state index is -0.481. The number of esters is 1. The molecule has 0 spiro atoms. The van der Waals surface area contributed by atoms with E-state index in [4.69, 9.17) is 9.72 Å². The van der Waals surface area contributed by atoms with Crippen molar-refractivity contribution >= 4 is 34.3 Å². The normalized spacial score (nSPS) is 10.9. The first-order valence-corrected chi connectivity index (χ1v) is 11.6. The maximum Gasteiger partial charge on any atom is 0.338 e. The molecular formula is C25H21N3O5S. The molecule has 0 aliphatic heterocycles. The van der Waals surface area contributed by atoms with E-state index in [1.54, 1.807) is 41.8 Å². The van der Waals surface area contributed by atoms with Crippen LogP contribution in [0.5, 0.6) is 0 Å². The Kier molecular flexibility index (Phi) is 7.03. The van der Waals surface area contributed by atoms with Gasteiger partial charge in [0.2, 0.25) is 0 Å². The summed E-state index contributed by atoms with van der Waals surface area (Å²) in [5.74, 6) is -0.100. The summed E-state index contributed by atoms with van der Waals surface area (Å²) in [7, 11) is 0. The fourth-order valence-electron chi connectivity index (χ4n) is 3.47. The number of benzene rings is 3. The third kappa shape index (κ3) is 5.15. The second-order valence-electron chi connectivity index (χ2n) is 7.44. The highest BCUT2D eigenvalue weighted by molar-refractivity contribution is 7.98. The molecule has 0 amide bonds. The minimum Gasteiger partial charge on any atom is -0.462 e. The first kappa shape index (κ1) is 23.2. The van der Waals surface area contributed by atoms with Gasteiger partial charge in [0, 0.05) is 17.9 Å². The lowest BCUT2D eigenvalue weighted by atomic mass is 10.1. The van der Waals surface area contributed by atoms with Crippen LogP contribution in [0.3, 0.4) is 0 Å². The summed E-state index contributed by atoms with van der Waals surface area (Å²) in [6, 6.07) is 20.6. The van der Waals surface area contributed by atoms with Crippen LogP contribution >= 0.6 is 11.8 Å². The van der Waals surface area contributed by atoms with Crippen LogP contribution in [0, 0.1) is 10.1 Å². The lowest BCUT2D eigenvalue weighted by Gasteiger charge is -2.14. The Hall–Kier alpha value is -3.98. The van der Waals surface area contributed by atoms with Crippen molar-refractivity contribution in [3.8, 4) is 0 Å². The number of ether oxygens (including phenoxy) is 1. The SMILES string of the molecule is CCOC(=O)c1ccc2c(=O)n(Cc3ccccc3)c(SCc3cccc([N+](=O)[O-])c3)nc2c1.